The summed E-state index contributed by atoms with van der Waals surface area (Å²) < 4.78 is 5.17. The molecule has 0 bridgehead atoms. The molecule has 1 heterocycles. The van der Waals surface area contributed by atoms with Crippen LogP contribution in [0.4, 0.5) is 5.13 Å². The molecule has 2 aromatic rings. The van der Waals surface area contributed by atoms with Crippen LogP contribution in [-0.4, -0.2) is 65.8 Å². The highest BCUT2D eigenvalue weighted by molar-refractivity contribution is 7.15. The molecule has 3 amide bonds. The predicted octanol–water partition coefficient (Wildman–Crippen LogP) is 2.46. The van der Waals surface area contributed by atoms with Gasteiger partial charge in [0.15, 0.2) is 5.13 Å². The quantitative estimate of drug-likeness (QED) is 0.297. The largest absolute Gasteiger partial charge is 0.497 e. The first-order valence-corrected chi connectivity index (χ1v) is 14.1. The van der Waals surface area contributed by atoms with Crippen LogP contribution >= 0.6 is 11.3 Å². The first kappa shape index (κ1) is 29.0. The van der Waals surface area contributed by atoms with Crippen molar-refractivity contribution in [3.8, 4) is 5.75 Å². The second-order valence-corrected chi connectivity index (χ2v) is 12.2. The fraction of sp³-hybridized carbons (Fsp3) is 0.571. The summed E-state index contributed by atoms with van der Waals surface area (Å²) >= 11 is 1.38. The molecule has 5 unspecified atom stereocenters. The number of carbonyl (C=O) groups excluding carboxylic acids is 3. The third-order valence-electron chi connectivity index (χ3n) is 8.68. The van der Waals surface area contributed by atoms with Crippen molar-refractivity contribution in [1.29, 1.82) is 0 Å². The van der Waals surface area contributed by atoms with Crippen LogP contribution in [-0.2, 0) is 16.0 Å². The number of anilines is 1. The number of aliphatic hydroxyl groups is 2. The molecular formula is C28H38N4O6S. The lowest BCUT2D eigenvalue weighted by atomic mass is 9.47. The molecule has 0 radical (unpaired) electrons. The van der Waals surface area contributed by atoms with E-state index < -0.39 is 16.9 Å². The van der Waals surface area contributed by atoms with E-state index in [1.54, 1.807) is 31.4 Å². The maximum Gasteiger partial charge on any atom is 0.257 e. The number of rotatable bonds is 9. The number of ether oxygens (including phenoxy) is 1. The second kappa shape index (κ2) is 11.6. The predicted molar refractivity (Wildman–Crippen MR) is 148 cm³/mol. The molecule has 1 fully saturated rings. The first-order chi connectivity index (χ1) is 18.5. The van der Waals surface area contributed by atoms with Crippen LogP contribution in [0.25, 0.3) is 0 Å². The number of nitrogens with one attached hydrogen (secondary N) is 3. The molecule has 212 valence electrons. The van der Waals surface area contributed by atoms with E-state index in [1.165, 1.54) is 18.3 Å². The van der Waals surface area contributed by atoms with Crippen molar-refractivity contribution in [3.63, 3.8) is 0 Å². The van der Waals surface area contributed by atoms with Gasteiger partial charge in [0, 0.05) is 48.2 Å². The topological polar surface area (TPSA) is 150 Å². The van der Waals surface area contributed by atoms with Gasteiger partial charge in [0.05, 0.1) is 25.5 Å². The molecule has 5 N–H and O–H groups in total. The summed E-state index contributed by atoms with van der Waals surface area (Å²) in [6, 6.07) is 6.79. The zero-order chi connectivity index (χ0) is 28.4. The molecule has 1 saturated carbocycles. The van der Waals surface area contributed by atoms with E-state index in [0.29, 0.717) is 48.8 Å². The van der Waals surface area contributed by atoms with Crippen molar-refractivity contribution in [2.45, 2.75) is 58.5 Å². The average Bonchev–Trinajstić information content (AvgIpc) is 3.32. The third-order valence-corrected chi connectivity index (χ3v) is 9.69. The fourth-order valence-corrected chi connectivity index (χ4v) is 7.37. The minimum absolute atomic E-state index is 0.0889. The van der Waals surface area contributed by atoms with Crippen LogP contribution < -0.4 is 20.7 Å². The van der Waals surface area contributed by atoms with Gasteiger partial charge in [-0.3, -0.25) is 19.7 Å². The highest BCUT2D eigenvalue weighted by Gasteiger charge is 2.59. The number of benzene rings is 1. The molecule has 0 saturated heterocycles. The van der Waals surface area contributed by atoms with Gasteiger partial charge in [-0.05, 0) is 54.9 Å². The molecule has 1 aromatic carbocycles. The SMILES string of the molecule is COc1ccc(C(=O)Nc2nc3c(s2)CC2C(C)(CO)C(O)CCC2(C)C3CC(=O)NCCNC(C)=O)cc1. The van der Waals surface area contributed by atoms with Crippen LogP contribution in [0.15, 0.2) is 24.3 Å². The number of fused-ring (bicyclic) bond motifs is 2. The van der Waals surface area contributed by atoms with Crippen molar-refractivity contribution < 1.29 is 29.3 Å². The Morgan fingerprint density at radius 2 is 1.85 bits per heavy atom. The minimum atomic E-state index is -0.735. The summed E-state index contributed by atoms with van der Waals surface area (Å²) in [5.41, 5.74) is 0.124. The van der Waals surface area contributed by atoms with Crippen molar-refractivity contribution in [2.24, 2.45) is 16.7 Å². The van der Waals surface area contributed by atoms with Gasteiger partial charge in [0.25, 0.3) is 5.91 Å². The number of hydrogen-bond donors (Lipinski definition) is 5. The molecule has 5 atom stereocenters. The Hall–Kier alpha value is -3.02. The number of thiazole rings is 1. The van der Waals surface area contributed by atoms with Crippen LogP contribution in [0.1, 0.15) is 66.9 Å². The smallest absolute Gasteiger partial charge is 0.257 e. The van der Waals surface area contributed by atoms with Gasteiger partial charge in [0.2, 0.25) is 11.8 Å². The number of carbonyl (C=O) groups is 3. The standard InChI is InChI=1S/C28H38N4O6S/c1-16(34)29-11-12-30-23(36)13-19-24-20(14-21-27(19,2)10-9-22(35)28(21,3)15-33)39-26(31-24)32-25(37)17-5-7-18(38-4)8-6-17/h5-8,19,21-22,33,35H,9-15H2,1-4H3,(H,29,34)(H,30,36)(H,31,32,37). The Morgan fingerprint density at radius 1 is 1.15 bits per heavy atom. The molecule has 39 heavy (non-hydrogen) atoms. The van der Waals surface area contributed by atoms with E-state index in [2.05, 4.69) is 22.9 Å². The zero-order valence-electron chi connectivity index (χ0n) is 22.9. The fourth-order valence-electron chi connectivity index (χ4n) is 6.31. The number of aliphatic hydroxyl groups excluding tert-OH is 2. The van der Waals surface area contributed by atoms with Gasteiger partial charge < -0.3 is 25.6 Å². The number of hydrogen-bond acceptors (Lipinski definition) is 8. The van der Waals surface area contributed by atoms with Crippen LogP contribution in [0, 0.1) is 16.7 Å². The summed E-state index contributed by atoms with van der Waals surface area (Å²) in [6.07, 6.45) is 1.31. The maximum atomic E-state index is 13.1. The van der Waals surface area contributed by atoms with Crippen LogP contribution in [0.3, 0.4) is 0 Å². The van der Waals surface area contributed by atoms with Gasteiger partial charge in [-0.15, -0.1) is 11.3 Å². The molecular weight excluding hydrogens is 520 g/mol. The van der Waals surface area contributed by atoms with Gasteiger partial charge in [-0.25, -0.2) is 4.98 Å². The zero-order valence-corrected chi connectivity index (χ0v) is 23.7. The Kier molecular flexibility index (Phi) is 8.63. The lowest BCUT2D eigenvalue weighted by molar-refractivity contribution is -0.144. The Balaban J connectivity index is 1.62. The van der Waals surface area contributed by atoms with Crippen LogP contribution in [0.5, 0.6) is 5.75 Å². The summed E-state index contributed by atoms with van der Waals surface area (Å²) in [5.74, 6) is -0.323. The number of amides is 3. The monoisotopic (exact) mass is 558 g/mol. The summed E-state index contributed by atoms with van der Waals surface area (Å²) in [6.45, 7) is 5.96. The summed E-state index contributed by atoms with van der Waals surface area (Å²) in [7, 11) is 1.56. The summed E-state index contributed by atoms with van der Waals surface area (Å²) in [5, 5.41) is 30.2. The maximum absolute atomic E-state index is 13.1. The Morgan fingerprint density at radius 3 is 2.49 bits per heavy atom. The van der Waals surface area contributed by atoms with E-state index in [4.69, 9.17) is 9.72 Å². The minimum Gasteiger partial charge on any atom is -0.497 e. The molecule has 0 spiro atoms. The van der Waals surface area contributed by atoms with E-state index >= 15 is 0 Å². The van der Waals surface area contributed by atoms with Crippen molar-refractivity contribution in [3.05, 3.63) is 40.4 Å². The van der Waals surface area contributed by atoms with Crippen molar-refractivity contribution in [2.75, 3.05) is 32.1 Å². The van der Waals surface area contributed by atoms with Crippen LogP contribution in [0.2, 0.25) is 0 Å². The molecule has 4 rings (SSSR count). The number of aromatic nitrogens is 1. The molecule has 0 aliphatic heterocycles. The number of nitrogens with zero attached hydrogens (tertiary/aromatic N) is 1. The molecule has 1 aromatic heterocycles. The normalized spacial score (nSPS) is 27.6. The molecule has 11 heteroatoms. The van der Waals surface area contributed by atoms with Crippen molar-refractivity contribution >= 4 is 34.2 Å². The van der Waals surface area contributed by atoms with E-state index in [9.17, 15) is 24.6 Å². The van der Waals surface area contributed by atoms with Gasteiger partial charge in [-0.2, -0.15) is 0 Å². The highest BCUT2D eigenvalue weighted by atomic mass is 32.1. The summed E-state index contributed by atoms with van der Waals surface area (Å²) in [4.78, 5) is 42.9. The molecule has 2 aliphatic rings. The lowest BCUT2D eigenvalue weighted by Crippen LogP contribution is -2.57. The highest BCUT2D eigenvalue weighted by Crippen LogP contribution is 2.62. The molecule has 10 nitrogen and oxygen atoms in total. The Labute approximate surface area is 232 Å². The Bertz CT molecular complexity index is 1220. The van der Waals surface area contributed by atoms with Gasteiger partial charge in [-0.1, -0.05) is 13.8 Å². The lowest BCUT2D eigenvalue weighted by Gasteiger charge is -2.58. The first-order valence-electron chi connectivity index (χ1n) is 13.3. The van der Waals surface area contributed by atoms with E-state index in [0.717, 1.165) is 10.6 Å². The van der Waals surface area contributed by atoms with Gasteiger partial charge >= 0.3 is 0 Å². The second-order valence-electron chi connectivity index (χ2n) is 11.1. The van der Waals surface area contributed by atoms with E-state index in [1.807, 2.05) is 6.92 Å². The average molecular weight is 559 g/mol. The van der Waals surface area contributed by atoms with E-state index in [-0.39, 0.29) is 42.6 Å². The van der Waals surface area contributed by atoms with Crippen molar-refractivity contribution in [1.82, 2.24) is 15.6 Å². The number of methoxy groups -OCH3 is 1. The van der Waals surface area contributed by atoms with Gasteiger partial charge in [0.1, 0.15) is 5.75 Å². The molecule has 2 aliphatic carbocycles. The third kappa shape index (κ3) is 5.80.